The molecule has 2 N–H and O–H groups in total. The lowest BCUT2D eigenvalue weighted by molar-refractivity contribution is -0.122. The second kappa shape index (κ2) is 11.4. The van der Waals surface area contributed by atoms with Gasteiger partial charge in [0.05, 0.1) is 0 Å². The smallest absolute Gasteiger partial charge is 0.269 e. The number of hydrogen-bond acceptors (Lipinski definition) is 4. The SMILES string of the molecule is CN(CC(=O)NNC(=O)c1ccc(CSc2ccc(Cl)cc2)cc1)C(=O)c1ccccc1. The van der Waals surface area contributed by atoms with Crippen molar-refractivity contribution < 1.29 is 14.4 Å². The molecule has 0 aliphatic rings. The molecule has 3 aromatic carbocycles. The van der Waals surface area contributed by atoms with Crippen LogP contribution in [-0.4, -0.2) is 36.2 Å². The topological polar surface area (TPSA) is 78.5 Å². The van der Waals surface area contributed by atoms with E-state index in [2.05, 4.69) is 10.9 Å². The summed E-state index contributed by atoms with van der Waals surface area (Å²) in [6.07, 6.45) is 0. The first-order valence-electron chi connectivity index (χ1n) is 9.79. The van der Waals surface area contributed by atoms with Crippen molar-refractivity contribution in [2.24, 2.45) is 0 Å². The van der Waals surface area contributed by atoms with Gasteiger partial charge in [0.1, 0.15) is 6.54 Å². The van der Waals surface area contributed by atoms with Gasteiger partial charge in [0.2, 0.25) is 0 Å². The molecule has 0 radical (unpaired) electrons. The van der Waals surface area contributed by atoms with Crippen molar-refractivity contribution in [1.29, 1.82) is 0 Å². The number of thioether (sulfide) groups is 1. The predicted octanol–water partition coefficient (Wildman–Crippen LogP) is 4.17. The molecule has 0 aliphatic carbocycles. The third-order valence-corrected chi connectivity index (χ3v) is 5.83. The minimum atomic E-state index is -0.499. The fourth-order valence-corrected chi connectivity index (χ4v) is 3.76. The van der Waals surface area contributed by atoms with E-state index in [9.17, 15) is 14.4 Å². The maximum absolute atomic E-state index is 12.3. The van der Waals surface area contributed by atoms with Crippen LogP contribution in [0.5, 0.6) is 0 Å². The van der Waals surface area contributed by atoms with Gasteiger partial charge in [0, 0.05) is 33.8 Å². The number of hydrazine groups is 1. The van der Waals surface area contributed by atoms with Gasteiger partial charge in [-0.2, -0.15) is 0 Å². The summed E-state index contributed by atoms with van der Waals surface area (Å²) in [5.74, 6) is -0.463. The van der Waals surface area contributed by atoms with E-state index in [0.29, 0.717) is 16.1 Å². The summed E-state index contributed by atoms with van der Waals surface area (Å²) in [6.45, 7) is -0.186. The Kier molecular flexibility index (Phi) is 8.30. The number of nitrogens with one attached hydrogen (secondary N) is 2. The number of hydrogen-bond donors (Lipinski definition) is 2. The Balaban J connectivity index is 1.44. The summed E-state index contributed by atoms with van der Waals surface area (Å²) in [5.41, 5.74) is 6.67. The first kappa shape index (κ1) is 23.4. The van der Waals surface area contributed by atoms with Gasteiger partial charge >= 0.3 is 0 Å². The number of rotatable bonds is 7. The molecular formula is C24H22ClN3O3S. The van der Waals surface area contributed by atoms with Crippen LogP contribution < -0.4 is 10.9 Å². The largest absolute Gasteiger partial charge is 0.332 e. The van der Waals surface area contributed by atoms with Crippen LogP contribution >= 0.6 is 23.4 Å². The van der Waals surface area contributed by atoms with Crippen molar-refractivity contribution in [1.82, 2.24) is 15.8 Å². The summed E-state index contributed by atoms with van der Waals surface area (Å²) in [5, 5.41) is 0.700. The highest BCUT2D eigenvalue weighted by atomic mass is 35.5. The molecule has 0 atom stereocenters. The average molecular weight is 468 g/mol. The van der Waals surface area contributed by atoms with E-state index in [1.165, 1.54) is 11.9 Å². The Labute approximate surface area is 195 Å². The van der Waals surface area contributed by atoms with Crippen LogP contribution in [0.15, 0.2) is 83.8 Å². The zero-order chi connectivity index (χ0) is 22.9. The Morgan fingerprint density at radius 1 is 0.844 bits per heavy atom. The highest BCUT2D eigenvalue weighted by Gasteiger charge is 2.15. The quantitative estimate of drug-likeness (QED) is 0.404. The summed E-state index contributed by atoms with van der Waals surface area (Å²) in [6, 6.07) is 23.4. The first-order valence-corrected chi connectivity index (χ1v) is 11.2. The Morgan fingerprint density at radius 2 is 1.50 bits per heavy atom. The van der Waals surface area contributed by atoms with E-state index in [-0.39, 0.29) is 12.5 Å². The third kappa shape index (κ3) is 6.87. The van der Waals surface area contributed by atoms with Gasteiger partial charge in [-0.3, -0.25) is 25.2 Å². The van der Waals surface area contributed by atoms with E-state index >= 15 is 0 Å². The Hall–Kier alpha value is -3.29. The zero-order valence-corrected chi connectivity index (χ0v) is 19.0. The normalized spacial score (nSPS) is 10.3. The lowest BCUT2D eigenvalue weighted by Gasteiger charge is -2.17. The van der Waals surface area contributed by atoms with Crippen LogP contribution in [0, 0.1) is 0 Å². The van der Waals surface area contributed by atoms with Gasteiger partial charge in [0.25, 0.3) is 17.7 Å². The van der Waals surface area contributed by atoms with Crippen molar-refractivity contribution in [2.75, 3.05) is 13.6 Å². The number of carbonyl (C=O) groups is 3. The number of carbonyl (C=O) groups excluding carboxylic acids is 3. The Morgan fingerprint density at radius 3 is 2.16 bits per heavy atom. The van der Waals surface area contributed by atoms with E-state index in [4.69, 9.17) is 11.6 Å². The highest BCUT2D eigenvalue weighted by Crippen LogP contribution is 2.24. The van der Waals surface area contributed by atoms with Crippen molar-refractivity contribution in [3.63, 3.8) is 0 Å². The minimum absolute atomic E-state index is 0.186. The number of likely N-dealkylation sites (N-methyl/N-ethyl adjacent to an activating group) is 1. The zero-order valence-electron chi connectivity index (χ0n) is 17.4. The monoisotopic (exact) mass is 467 g/mol. The maximum Gasteiger partial charge on any atom is 0.269 e. The van der Waals surface area contributed by atoms with Gasteiger partial charge in [-0.1, -0.05) is 41.9 Å². The van der Waals surface area contributed by atoms with Crippen LogP contribution in [0.25, 0.3) is 0 Å². The van der Waals surface area contributed by atoms with Gasteiger partial charge in [-0.25, -0.2) is 0 Å². The molecule has 3 amide bonds. The standard InChI is InChI=1S/C24H22ClN3O3S/c1-28(24(31)19-5-3-2-4-6-19)15-22(29)26-27-23(30)18-9-7-17(8-10-18)16-32-21-13-11-20(25)12-14-21/h2-14H,15-16H2,1H3,(H,26,29)(H,27,30). The fourth-order valence-electron chi connectivity index (χ4n) is 2.78. The summed E-state index contributed by atoms with van der Waals surface area (Å²) >= 11 is 7.56. The van der Waals surface area contributed by atoms with Crippen LogP contribution in [0.2, 0.25) is 5.02 Å². The molecule has 3 aromatic rings. The lowest BCUT2D eigenvalue weighted by atomic mass is 10.1. The predicted molar refractivity (Wildman–Crippen MR) is 126 cm³/mol. The third-order valence-electron chi connectivity index (χ3n) is 4.50. The molecule has 0 aliphatic heterocycles. The number of halogens is 1. The summed E-state index contributed by atoms with van der Waals surface area (Å²) < 4.78 is 0. The molecular weight excluding hydrogens is 446 g/mol. The molecule has 0 unspecified atom stereocenters. The molecule has 0 spiro atoms. The van der Waals surface area contributed by atoms with Crippen molar-refractivity contribution in [3.8, 4) is 0 Å². The fraction of sp³-hybridized carbons (Fsp3) is 0.125. The molecule has 8 heteroatoms. The second-order valence-corrected chi connectivity index (χ2v) is 8.45. The summed E-state index contributed by atoms with van der Waals surface area (Å²) in [4.78, 5) is 39.0. The average Bonchev–Trinajstić information content (AvgIpc) is 2.82. The molecule has 0 heterocycles. The molecule has 0 fully saturated rings. The van der Waals surface area contributed by atoms with Crippen LogP contribution in [0.1, 0.15) is 26.3 Å². The van der Waals surface area contributed by atoms with Crippen molar-refractivity contribution in [2.45, 2.75) is 10.6 Å². The van der Waals surface area contributed by atoms with Gasteiger partial charge < -0.3 is 4.90 Å². The molecule has 0 bridgehead atoms. The maximum atomic E-state index is 12.3. The molecule has 3 rings (SSSR count). The van der Waals surface area contributed by atoms with E-state index in [0.717, 1.165) is 16.2 Å². The molecule has 0 saturated heterocycles. The number of benzene rings is 3. The second-order valence-electron chi connectivity index (χ2n) is 6.97. The Bertz CT molecular complexity index is 1070. The van der Waals surface area contributed by atoms with E-state index in [1.807, 2.05) is 42.5 Å². The summed E-state index contributed by atoms with van der Waals surface area (Å²) in [7, 11) is 1.53. The lowest BCUT2D eigenvalue weighted by Crippen LogP contribution is -2.46. The molecule has 164 valence electrons. The van der Waals surface area contributed by atoms with Crippen molar-refractivity contribution in [3.05, 3.63) is 101 Å². The number of amides is 3. The van der Waals surface area contributed by atoms with E-state index in [1.54, 1.807) is 48.2 Å². The van der Waals surface area contributed by atoms with Crippen LogP contribution in [0.3, 0.4) is 0 Å². The highest BCUT2D eigenvalue weighted by molar-refractivity contribution is 7.98. The van der Waals surface area contributed by atoms with Gasteiger partial charge in [0.15, 0.2) is 0 Å². The first-order chi connectivity index (χ1) is 15.4. The van der Waals surface area contributed by atoms with Crippen LogP contribution in [0.4, 0.5) is 0 Å². The van der Waals surface area contributed by atoms with Gasteiger partial charge in [-0.15, -0.1) is 11.8 Å². The minimum Gasteiger partial charge on any atom is -0.332 e. The van der Waals surface area contributed by atoms with Crippen LogP contribution in [-0.2, 0) is 10.5 Å². The van der Waals surface area contributed by atoms with Crippen molar-refractivity contribution >= 4 is 41.1 Å². The number of nitrogens with zero attached hydrogens (tertiary/aromatic N) is 1. The molecule has 0 aromatic heterocycles. The van der Waals surface area contributed by atoms with Gasteiger partial charge in [-0.05, 0) is 54.1 Å². The molecule has 0 saturated carbocycles. The molecule has 6 nitrogen and oxygen atoms in total. The van der Waals surface area contributed by atoms with E-state index < -0.39 is 11.8 Å². The molecule has 32 heavy (non-hydrogen) atoms.